The number of hydrogen-bond donors (Lipinski definition) is 1. The summed E-state index contributed by atoms with van der Waals surface area (Å²) in [4.78, 5) is 0. The molecule has 0 aliphatic rings. The average Bonchev–Trinajstić information content (AvgIpc) is 2.14. The number of ether oxygens (including phenoxy) is 1. The van der Waals surface area contributed by atoms with E-state index in [9.17, 15) is 0 Å². The van der Waals surface area contributed by atoms with Crippen LogP contribution in [0.1, 0.15) is 13.3 Å². The van der Waals surface area contributed by atoms with Gasteiger partial charge in [0.15, 0.2) is 0 Å². The molecule has 0 aliphatic carbocycles. The van der Waals surface area contributed by atoms with Crippen LogP contribution in [0.4, 0.5) is 0 Å². The second-order valence-corrected chi connectivity index (χ2v) is 4.13. The highest BCUT2D eigenvalue weighted by Crippen LogP contribution is 2.17. The number of hydrogen-bond acceptors (Lipinski definition) is 2. The number of benzene rings is 1. The van der Waals surface area contributed by atoms with Crippen molar-refractivity contribution in [2.24, 2.45) is 5.73 Å². The van der Waals surface area contributed by atoms with Crippen molar-refractivity contribution >= 4 is 11.6 Å². The first-order valence-electron chi connectivity index (χ1n) is 4.86. The van der Waals surface area contributed by atoms with Gasteiger partial charge in [0.05, 0.1) is 0 Å². The Kier molecular flexibility index (Phi) is 4.66. The van der Waals surface area contributed by atoms with Crippen LogP contribution in [-0.2, 0) is 0 Å². The van der Waals surface area contributed by atoms with Crippen LogP contribution in [0.25, 0.3) is 0 Å². The molecule has 0 fully saturated rings. The predicted octanol–water partition coefficient (Wildman–Crippen LogP) is 3.01. The Labute approximate surface area is 95.7 Å². The fourth-order valence-corrected chi connectivity index (χ4v) is 1.45. The molecule has 1 aromatic carbocycles. The quantitative estimate of drug-likeness (QED) is 0.782. The van der Waals surface area contributed by atoms with Crippen molar-refractivity contribution in [1.29, 1.82) is 0 Å². The van der Waals surface area contributed by atoms with E-state index in [-0.39, 0.29) is 6.04 Å². The normalized spacial score (nSPS) is 12.2. The summed E-state index contributed by atoms with van der Waals surface area (Å²) in [6.07, 6.45) is 0.778. The maximum atomic E-state index is 5.84. The van der Waals surface area contributed by atoms with Gasteiger partial charge in [-0.2, -0.15) is 0 Å². The Bertz CT molecular complexity index is 338. The first kappa shape index (κ1) is 12.1. The third-order valence-electron chi connectivity index (χ3n) is 1.87. The van der Waals surface area contributed by atoms with Crippen molar-refractivity contribution in [3.05, 3.63) is 41.4 Å². The molecule has 2 nitrogen and oxygen atoms in total. The highest BCUT2D eigenvalue weighted by atomic mass is 35.5. The Morgan fingerprint density at radius 2 is 2.33 bits per heavy atom. The Morgan fingerprint density at radius 1 is 1.60 bits per heavy atom. The number of halogens is 1. The summed E-state index contributed by atoms with van der Waals surface area (Å²) < 4.78 is 5.50. The van der Waals surface area contributed by atoms with E-state index in [0.29, 0.717) is 11.6 Å². The van der Waals surface area contributed by atoms with E-state index in [0.717, 1.165) is 17.7 Å². The zero-order valence-electron chi connectivity index (χ0n) is 8.87. The van der Waals surface area contributed by atoms with Gasteiger partial charge in [-0.25, -0.2) is 0 Å². The smallest absolute Gasteiger partial charge is 0.120 e. The van der Waals surface area contributed by atoms with Gasteiger partial charge in [-0.3, -0.25) is 0 Å². The fourth-order valence-electron chi connectivity index (χ4n) is 1.27. The standard InChI is InChI=1S/C12H16ClNO/c1-9(2)6-11(14)8-15-12-5-3-4-10(13)7-12/h3-5,7,11H,1,6,8,14H2,2H3. The van der Waals surface area contributed by atoms with Gasteiger partial charge < -0.3 is 10.5 Å². The van der Waals surface area contributed by atoms with E-state index in [2.05, 4.69) is 6.58 Å². The lowest BCUT2D eigenvalue weighted by Crippen LogP contribution is -2.27. The zero-order valence-corrected chi connectivity index (χ0v) is 9.63. The number of nitrogens with two attached hydrogens (primary N) is 1. The van der Waals surface area contributed by atoms with Crippen LogP contribution < -0.4 is 10.5 Å². The lowest BCUT2D eigenvalue weighted by Gasteiger charge is -2.13. The molecule has 15 heavy (non-hydrogen) atoms. The summed E-state index contributed by atoms with van der Waals surface area (Å²) >= 11 is 5.82. The molecule has 1 aromatic rings. The lowest BCUT2D eigenvalue weighted by molar-refractivity contribution is 0.287. The minimum atomic E-state index is -0.0125. The Morgan fingerprint density at radius 3 is 2.93 bits per heavy atom. The molecule has 0 saturated heterocycles. The van der Waals surface area contributed by atoms with E-state index in [4.69, 9.17) is 22.1 Å². The molecule has 0 saturated carbocycles. The van der Waals surface area contributed by atoms with Crippen molar-refractivity contribution in [3.8, 4) is 5.75 Å². The summed E-state index contributed by atoms with van der Waals surface area (Å²) in [6.45, 7) is 6.24. The minimum Gasteiger partial charge on any atom is -0.492 e. The van der Waals surface area contributed by atoms with Gasteiger partial charge in [0.25, 0.3) is 0 Å². The van der Waals surface area contributed by atoms with Crippen molar-refractivity contribution in [2.75, 3.05) is 6.61 Å². The molecule has 2 N–H and O–H groups in total. The monoisotopic (exact) mass is 225 g/mol. The molecule has 1 atom stereocenters. The van der Waals surface area contributed by atoms with Crippen LogP contribution in [-0.4, -0.2) is 12.6 Å². The molecule has 0 spiro atoms. The van der Waals surface area contributed by atoms with Crippen molar-refractivity contribution < 1.29 is 4.74 Å². The molecule has 0 radical (unpaired) electrons. The van der Waals surface area contributed by atoms with Crippen LogP contribution in [0.2, 0.25) is 5.02 Å². The van der Waals surface area contributed by atoms with Gasteiger partial charge in [0, 0.05) is 11.1 Å². The zero-order chi connectivity index (χ0) is 11.3. The maximum absolute atomic E-state index is 5.84. The first-order valence-corrected chi connectivity index (χ1v) is 5.24. The summed E-state index contributed by atoms with van der Waals surface area (Å²) in [5, 5.41) is 0.668. The van der Waals surface area contributed by atoms with Crippen molar-refractivity contribution in [3.63, 3.8) is 0 Å². The summed E-state index contributed by atoms with van der Waals surface area (Å²) in [5.41, 5.74) is 6.91. The van der Waals surface area contributed by atoms with E-state index in [1.165, 1.54) is 0 Å². The minimum absolute atomic E-state index is 0.0125. The molecule has 1 rings (SSSR count). The molecule has 0 bridgehead atoms. The van der Waals surface area contributed by atoms with Crippen LogP contribution in [0.3, 0.4) is 0 Å². The van der Waals surface area contributed by atoms with E-state index in [1.807, 2.05) is 25.1 Å². The van der Waals surface area contributed by atoms with Crippen LogP contribution in [0.5, 0.6) is 5.75 Å². The second-order valence-electron chi connectivity index (χ2n) is 3.69. The first-order chi connectivity index (χ1) is 7.08. The van der Waals surface area contributed by atoms with Gasteiger partial charge in [-0.1, -0.05) is 23.2 Å². The van der Waals surface area contributed by atoms with Crippen molar-refractivity contribution in [2.45, 2.75) is 19.4 Å². The van der Waals surface area contributed by atoms with E-state index >= 15 is 0 Å². The van der Waals surface area contributed by atoms with Crippen molar-refractivity contribution in [1.82, 2.24) is 0 Å². The molecule has 3 heteroatoms. The number of rotatable bonds is 5. The van der Waals surface area contributed by atoms with Gasteiger partial charge >= 0.3 is 0 Å². The largest absolute Gasteiger partial charge is 0.492 e. The van der Waals surface area contributed by atoms with Gasteiger partial charge in [0.2, 0.25) is 0 Å². The molecule has 0 heterocycles. The Hall–Kier alpha value is -0.990. The molecular weight excluding hydrogens is 210 g/mol. The average molecular weight is 226 g/mol. The van der Waals surface area contributed by atoms with Crippen LogP contribution in [0.15, 0.2) is 36.4 Å². The lowest BCUT2D eigenvalue weighted by atomic mass is 10.1. The van der Waals surface area contributed by atoms with E-state index < -0.39 is 0 Å². The predicted molar refractivity (Wildman–Crippen MR) is 64.4 cm³/mol. The Balaban J connectivity index is 2.40. The SMILES string of the molecule is C=C(C)CC(N)COc1cccc(Cl)c1. The highest BCUT2D eigenvalue weighted by molar-refractivity contribution is 6.30. The topological polar surface area (TPSA) is 35.2 Å². The van der Waals surface area contributed by atoms with Gasteiger partial charge in [-0.15, -0.1) is 6.58 Å². The summed E-state index contributed by atoms with van der Waals surface area (Å²) in [6, 6.07) is 7.28. The van der Waals surface area contributed by atoms with E-state index in [1.54, 1.807) is 6.07 Å². The fraction of sp³-hybridized carbons (Fsp3) is 0.333. The molecule has 82 valence electrons. The third kappa shape index (κ3) is 4.86. The van der Waals surface area contributed by atoms with Crippen LogP contribution in [0, 0.1) is 0 Å². The molecular formula is C12H16ClNO. The third-order valence-corrected chi connectivity index (χ3v) is 2.11. The molecule has 1 unspecified atom stereocenters. The second kappa shape index (κ2) is 5.79. The van der Waals surface area contributed by atoms with Gasteiger partial charge in [-0.05, 0) is 31.5 Å². The molecule has 0 amide bonds. The maximum Gasteiger partial charge on any atom is 0.120 e. The van der Waals surface area contributed by atoms with Gasteiger partial charge in [0.1, 0.15) is 12.4 Å². The van der Waals surface area contributed by atoms with Crippen LogP contribution >= 0.6 is 11.6 Å². The highest BCUT2D eigenvalue weighted by Gasteiger charge is 2.03. The molecule has 0 aromatic heterocycles. The molecule has 0 aliphatic heterocycles. The summed E-state index contributed by atoms with van der Waals surface area (Å²) in [7, 11) is 0. The summed E-state index contributed by atoms with van der Waals surface area (Å²) in [5.74, 6) is 0.750.